The number of anilines is 1. The quantitative estimate of drug-likeness (QED) is 0.882. The highest BCUT2D eigenvalue weighted by molar-refractivity contribution is 7.10. The van der Waals surface area contributed by atoms with Crippen LogP contribution in [0.4, 0.5) is 5.00 Å². The zero-order chi connectivity index (χ0) is 13.0. The SMILES string of the molecule is CNc1snc(C)c1C(=O)NCC1CCCCC1. The maximum absolute atomic E-state index is 12.2. The summed E-state index contributed by atoms with van der Waals surface area (Å²) in [6.07, 6.45) is 6.46. The van der Waals surface area contributed by atoms with E-state index < -0.39 is 0 Å². The zero-order valence-corrected chi connectivity index (χ0v) is 11.9. The van der Waals surface area contributed by atoms with Gasteiger partial charge in [-0.2, -0.15) is 4.37 Å². The van der Waals surface area contributed by atoms with Crippen LogP contribution in [-0.2, 0) is 0 Å². The van der Waals surface area contributed by atoms with E-state index in [1.807, 2.05) is 14.0 Å². The molecular weight excluding hydrogens is 246 g/mol. The second-order valence-corrected chi connectivity index (χ2v) is 5.71. The number of hydrogen-bond acceptors (Lipinski definition) is 4. The molecule has 1 aromatic heterocycles. The number of carbonyl (C=O) groups excluding carboxylic acids is 1. The molecule has 2 rings (SSSR count). The summed E-state index contributed by atoms with van der Waals surface area (Å²) in [5, 5.41) is 6.94. The van der Waals surface area contributed by atoms with Crippen LogP contribution in [0.2, 0.25) is 0 Å². The van der Waals surface area contributed by atoms with Gasteiger partial charge in [0.25, 0.3) is 5.91 Å². The summed E-state index contributed by atoms with van der Waals surface area (Å²) in [5.74, 6) is 0.670. The van der Waals surface area contributed by atoms with Crippen LogP contribution in [-0.4, -0.2) is 23.9 Å². The van der Waals surface area contributed by atoms with Crippen molar-refractivity contribution in [1.82, 2.24) is 9.69 Å². The molecule has 1 heterocycles. The first-order valence-electron chi connectivity index (χ1n) is 6.64. The maximum atomic E-state index is 12.2. The third-order valence-electron chi connectivity index (χ3n) is 3.59. The topological polar surface area (TPSA) is 54.0 Å². The molecule has 0 saturated heterocycles. The summed E-state index contributed by atoms with van der Waals surface area (Å²) in [7, 11) is 1.82. The summed E-state index contributed by atoms with van der Waals surface area (Å²) in [4.78, 5) is 12.2. The van der Waals surface area contributed by atoms with Crippen LogP contribution in [0.5, 0.6) is 0 Å². The molecular formula is C13H21N3OS. The molecule has 1 amide bonds. The lowest BCUT2D eigenvalue weighted by atomic mass is 9.89. The van der Waals surface area contributed by atoms with Crippen LogP contribution >= 0.6 is 11.5 Å². The highest BCUT2D eigenvalue weighted by atomic mass is 32.1. The summed E-state index contributed by atoms with van der Waals surface area (Å²) in [6.45, 7) is 2.68. The van der Waals surface area contributed by atoms with Gasteiger partial charge in [-0.3, -0.25) is 4.79 Å². The minimum absolute atomic E-state index is 0.0103. The van der Waals surface area contributed by atoms with Crippen LogP contribution in [0.3, 0.4) is 0 Å². The zero-order valence-electron chi connectivity index (χ0n) is 11.1. The second-order valence-electron chi connectivity index (χ2n) is 4.94. The van der Waals surface area contributed by atoms with Crippen LogP contribution in [0, 0.1) is 12.8 Å². The molecule has 1 fully saturated rings. The van der Waals surface area contributed by atoms with Crippen molar-refractivity contribution >= 4 is 22.4 Å². The lowest BCUT2D eigenvalue weighted by Crippen LogP contribution is -2.30. The molecule has 0 aromatic carbocycles. The largest absolute Gasteiger partial charge is 0.378 e. The van der Waals surface area contributed by atoms with Crippen LogP contribution in [0.25, 0.3) is 0 Å². The predicted octanol–water partition coefficient (Wildman–Crippen LogP) is 2.80. The number of nitrogens with one attached hydrogen (secondary N) is 2. The number of nitrogens with zero attached hydrogens (tertiary/aromatic N) is 1. The molecule has 0 aliphatic heterocycles. The Morgan fingerprint density at radius 1 is 1.39 bits per heavy atom. The molecule has 0 bridgehead atoms. The van der Waals surface area contributed by atoms with Crippen molar-refractivity contribution in [2.75, 3.05) is 18.9 Å². The van der Waals surface area contributed by atoms with Gasteiger partial charge in [-0.25, -0.2) is 0 Å². The van der Waals surface area contributed by atoms with Gasteiger partial charge in [-0.1, -0.05) is 19.3 Å². The molecule has 1 aromatic rings. The third-order valence-corrected chi connectivity index (χ3v) is 4.55. The van der Waals surface area contributed by atoms with E-state index in [2.05, 4.69) is 15.0 Å². The van der Waals surface area contributed by atoms with Gasteiger partial charge in [0.1, 0.15) is 5.00 Å². The number of amides is 1. The van der Waals surface area contributed by atoms with Gasteiger partial charge in [0.2, 0.25) is 0 Å². The Kier molecular flexibility index (Phi) is 4.58. The summed E-state index contributed by atoms with van der Waals surface area (Å²) < 4.78 is 4.22. The second kappa shape index (κ2) is 6.18. The van der Waals surface area contributed by atoms with E-state index in [4.69, 9.17) is 0 Å². The van der Waals surface area contributed by atoms with Crippen molar-refractivity contribution in [3.8, 4) is 0 Å². The van der Waals surface area contributed by atoms with Crippen molar-refractivity contribution < 1.29 is 4.79 Å². The van der Waals surface area contributed by atoms with E-state index in [9.17, 15) is 4.79 Å². The minimum Gasteiger partial charge on any atom is -0.378 e. The lowest BCUT2D eigenvalue weighted by molar-refractivity contribution is 0.0944. The molecule has 1 aliphatic carbocycles. The normalized spacial score (nSPS) is 16.6. The Balaban J connectivity index is 1.92. The average Bonchev–Trinajstić information content (AvgIpc) is 2.78. The van der Waals surface area contributed by atoms with Crippen LogP contribution < -0.4 is 10.6 Å². The highest BCUT2D eigenvalue weighted by Crippen LogP contribution is 2.25. The standard InChI is InChI=1S/C13H21N3OS/c1-9-11(13(14-2)18-16-9)12(17)15-8-10-6-4-3-5-7-10/h10,14H,3-8H2,1-2H3,(H,15,17). The van der Waals surface area contributed by atoms with E-state index >= 15 is 0 Å². The fourth-order valence-corrected chi connectivity index (χ4v) is 3.27. The maximum Gasteiger partial charge on any atom is 0.256 e. The van der Waals surface area contributed by atoms with Gasteiger partial charge in [0, 0.05) is 13.6 Å². The van der Waals surface area contributed by atoms with Crippen molar-refractivity contribution in [2.45, 2.75) is 39.0 Å². The molecule has 0 atom stereocenters. The molecule has 0 spiro atoms. The third kappa shape index (κ3) is 3.02. The van der Waals surface area contributed by atoms with Gasteiger partial charge < -0.3 is 10.6 Å². The van der Waals surface area contributed by atoms with E-state index in [1.54, 1.807) is 0 Å². The number of hydrogen-bond donors (Lipinski definition) is 2. The van der Waals surface area contributed by atoms with E-state index in [0.29, 0.717) is 11.5 Å². The van der Waals surface area contributed by atoms with E-state index in [1.165, 1.54) is 43.6 Å². The smallest absolute Gasteiger partial charge is 0.256 e. The first kappa shape index (κ1) is 13.3. The molecule has 5 heteroatoms. The first-order chi connectivity index (χ1) is 8.72. The van der Waals surface area contributed by atoms with E-state index in [0.717, 1.165) is 17.2 Å². The Morgan fingerprint density at radius 2 is 2.11 bits per heavy atom. The number of carbonyl (C=O) groups is 1. The highest BCUT2D eigenvalue weighted by Gasteiger charge is 2.19. The Bertz CT molecular complexity index is 410. The van der Waals surface area contributed by atoms with Gasteiger partial charge in [-0.05, 0) is 37.2 Å². The predicted molar refractivity (Wildman–Crippen MR) is 75.3 cm³/mol. The molecule has 1 aliphatic rings. The Hall–Kier alpha value is -1.10. The molecule has 0 radical (unpaired) electrons. The first-order valence-corrected chi connectivity index (χ1v) is 7.42. The number of aryl methyl sites for hydroxylation is 1. The van der Waals surface area contributed by atoms with Crippen LogP contribution in [0.15, 0.2) is 0 Å². The Labute approximate surface area is 112 Å². The van der Waals surface area contributed by atoms with Crippen molar-refractivity contribution in [3.05, 3.63) is 11.3 Å². The molecule has 18 heavy (non-hydrogen) atoms. The van der Waals surface area contributed by atoms with Gasteiger partial charge in [0.05, 0.1) is 11.3 Å². The van der Waals surface area contributed by atoms with Crippen molar-refractivity contribution in [2.24, 2.45) is 5.92 Å². The fraction of sp³-hybridized carbons (Fsp3) is 0.692. The van der Waals surface area contributed by atoms with Crippen molar-refractivity contribution in [3.63, 3.8) is 0 Å². The molecule has 0 unspecified atom stereocenters. The summed E-state index contributed by atoms with van der Waals surface area (Å²) >= 11 is 1.34. The molecule has 1 saturated carbocycles. The molecule has 2 N–H and O–H groups in total. The fourth-order valence-electron chi connectivity index (χ4n) is 2.52. The summed E-state index contributed by atoms with van der Waals surface area (Å²) in [6, 6.07) is 0. The average molecular weight is 267 g/mol. The summed E-state index contributed by atoms with van der Waals surface area (Å²) in [5.41, 5.74) is 1.52. The Morgan fingerprint density at radius 3 is 2.78 bits per heavy atom. The van der Waals surface area contributed by atoms with Gasteiger partial charge in [-0.15, -0.1) is 0 Å². The number of rotatable bonds is 4. The molecule has 100 valence electrons. The van der Waals surface area contributed by atoms with Crippen LogP contribution in [0.1, 0.15) is 48.2 Å². The van der Waals surface area contributed by atoms with Gasteiger partial charge >= 0.3 is 0 Å². The molecule has 4 nitrogen and oxygen atoms in total. The van der Waals surface area contributed by atoms with E-state index in [-0.39, 0.29) is 5.91 Å². The van der Waals surface area contributed by atoms with Gasteiger partial charge in [0.15, 0.2) is 0 Å². The van der Waals surface area contributed by atoms with Crippen molar-refractivity contribution in [1.29, 1.82) is 0 Å². The minimum atomic E-state index is 0.0103. The number of aromatic nitrogens is 1. The monoisotopic (exact) mass is 267 g/mol. The lowest BCUT2D eigenvalue weighted by Gasteiger charge is -2.21.